The Bertz CT molecular complexity index is 952. The van der Waals surface area contributed by atoms with E-state index in [1.54, 1.807) is 13.3 Å². The van der Waals surface area contributed by atoms with E-state index in [2.05, 4.69) is 15.6 Å². The Kier molecular flexibility index (Phi) is 6.54. The van der Waals surface area contributed by atoms with E-state index < -0.39 is 0 Å². The maximum Gasteiger partial charge on any atom is 0.222 e. The number of aliphatic imine (C=N–C) groups is 1. The summed E-state index contributed by atoms with van der Waals surface area (Å²) >= 11 is 6.47. The number of pyridine rings is 1. The van der Waals surface area contributed by atoms with Gasteiger partial charge >= 0.3 is 0 Å². The third-order valence-corrected chi connectivity index (χ3v) is 4.86. The van der Waals surface area contributed by atoms with Crippen LogP contribution in [0.5, 0.6) is 5.88 Å². The molecule has 1 aliphatic rings. The molecule has 0 aliphatic carbocycles. The van der Waals surface area contributed by atoms with Gasteiger partial charge in [-0.05, 0) is 36.8 Å². The average molecular weight is 413 g/mol. The van der Waals surface area contributed by atoms with Crippen molar-refractivity contribution in [3.8, 4) is 5.88 Å². The first kappa shape index (κ1) is 20.9. The largest absolute Gasteiger partial charge is 0.481 e. The first-order valence-electron chi connectivity index (χ1n) is 9.51. The van der Waals surface area contributed by atoms with Crippen molar-refractivity contribution in [1.29, 1.82) is 0 Å². The summed E-state index contributed by atoms with van der Waals surface area (Å²) in [6, 6.07) is 9.43. The van der Waals surface area contributed by atoms with Gasteiger partial charge in [0.15, 0.2) is 0 Å². The number of rotatable bonds is 6. The minimum atomic E-state index is -0.0576. The fourth-order valence-corrected chi connectivity index (χ4v) is 3.11. The van der Waals surface area contributed by atoms with E-state index in [0.717, 1.165) is 22.4 Å². The molecular formula is C22H25ClN4O2. The van der Waals surface area contributed by atoms with Crippen LogP contribution in [0.15, 0.2) is 47.6 Å². The summed E-state index contributed by atoms with van der Waals surface area (Å²) in [4.78, 5) is 20.8. The molecule has 0 spiro atoms. The average Bonchev–Trinajstić information content (AvgIpc) is 2.72. The quantitative estimate of drug-likeness (QED) is 0.756. The molecule has 0 fully saturated rings. The van der Waals surface area contributed by atoms with Gasteiger partial charge in [0, 0.05) is 41.5 Å². The molecule has 1 amide bonds. The molecular weight excluding hydrogens is 388 g/mol. The van der Waals surface area contributed by atoms with Crippen LogP contribution in [0, 0.1) is 5.92 Å². The Morgan fingerprint density at radius 1 is 1.31 bits per heavy atom. The summed E-state index contributed by atoms with van der Waals surface area (Å²) in [5, 5.41) is 6.89. The summed E-state index contributed by atoms with van der Waals surface area (Å²) < 4.78 is 5.13. The predicted octanol–water partition coefficient (Wildman–Crippen LogP) is 3.80. The Morgan fingerprint density at radius 2 is 2.10 bits per heavy atom. The van der Waals surface area contributed by atoms with Crippen LogP contribution >= 0.6 is 11.6 Å². The van der Waals surface area contributed by atoms with Crippen molar-refractivity contribution in [2.45, 2.75) is 33.4 Å². The number of ether oxygens (including phenoxy) is 1. The van der Waals surface area contributed by atoms with E-state index in [4.69, 9.17) is 21.3 Å². The minimum Gasteiger partial charge on any atom is -0.481 e. The Morgan fingerprint density at radius 3 is 2.76 bits per heavy atom. The molecule has 1 unspecified atom stereocenters. The Labute approximate surface area is 176 Å². The first-order valence-corrected chi connectivity index (χ1v) is 9.88. The van der Waals surface area contributed by atoms with Crippen molar-refractivity contribution in [1.82, 2.24) is 15.6 Å². The normalized spacial score (nSPS) is 16.0. The molecule has 2 aromatic rings. The summed E-state index contributed by atoms with van der Waals surface area (Å²) in [6.45, 7) is 6.19. The summed E-state index contributed by atoms with van der Waals surface area (Å²) in [5.41, 5.74) is 3.59. The van der Waals surface area contributed by atoms with E-state index in [9.17, 15) is 4.79 Å². The smallest absolute Gasteiger partial charge is 0.222 e. The van der Waals surface area contributed by atoms with Crippen molar-refractivity contribution >= 4 is 29.0 Å². The molecule has 1 aliphatic heterocycles. The maximum atomic E-state index is 11.9. The number of halogens is 1. The first-order chi connectivity index (χ1) is 13.9. The topological polar surface area (TPSA) is 75.6 Å². The molecule has 6 nitrogen and oxygen atoms in total. The number of aromatic nitrogens is 1. The zero-order valence-corrected chi connectivity index (χ0v) is 17.7. The number of nitrogens with one attached hydrogen (secondary N) is 2. The van der Waals surface area contributed by atoms with Gasteiger partial charge in [-0.3, -0.25) is 9.79 Å². The molecule has 0 saturated heterocycles. The molecule has 1 aromatic heterocycles. The Balaban J connectivity index is 1.82. The number of hydrogen-bond acceptors (Lipinski definition) is 5. The summed E-state index contributed by atoms with van der Waals surface area (Å²) in [7, 11) is 1.59. The van der Waals surface area contributed by atoms with Gasteiger partial charge in [-0.15, -0.1) is 0 Å². The molecule has 2 heterocycles. The number of carbonyl (C=O) groups excluding carboxylic acids is 1. The number of amidine groups is 1. The van der Waals surface area contributed by atoms with Crippen LogP contribution in [0.3, 0.4) is 0 Å². The monoisotopic (exact) mass is 412 g/mol. The van der Waals surface area contributed by atoms with Crippen molar-refractivity contribution in [3.05, 3.63) is 64.3 Å². The lowest BCUT2D eigenvalue weighted by Gasteiger charge is -2.22. The molecule has 29 heavy (non-hydrogen) atoms. The van der Waals surface area contributed by atoms with Crippen LogP contribution in [0.25, 0.3) is 5.70 Å². The number of hydrogen-bond donors (Lipinski definition) is 2. The second kappa shape index (κ2) is 9.09. The van der Waals surface area contributed by atoms with Gasteiger partial charge in [0.05, 0.1) is 18.2 Å². The maximum absolute atomic E-state index is 11.9. The lowest BCUT2D eigenvalue weighted by molar-refractivity contribution is -0.124. The van der Waals surface area contributed by atoms with Gasteiger partial charge < -0.3 is 15.4 Å². The van der Waals surface area contributed by atoms with Crippen molar-refractivity contribution in [2.75, 3.05) is 7.11 Å². The summed E-state index contributed by atoms with van der Waals surface area (Å²) in [6.07, 6.45) is 3.79. The van der Waals surface area contributed by atoms with E-state index in [0.29, 0.717) is 23.3 Å². The molecule has 7 heteroatoms. The third kappa shape index (κ3) is 5.15. The van der Waals surface area contributed by atoms with E-state index in [1.807, 2.05) is 57.2 Å². The molecule has 1 atom stereocenters. The molecule has 0 saturated carbocycles. The number of amides is 1. The van der Waals surface area contributed by atoms with E-state index in [1.165, 1.54) is 0 Å². The second-order valence-corrected chi connectivity index (χ2v) is 7.61. The molecule has 1 aromatic carbocycles. The van der Waals surface area contributed by atoms with Gasteiger partial charge in [-0.25, -0.2) is 4.98 Å². The minimum absolute atomic E-state index is 0.0143. The van der Waals surface area contributed by atoms with Crippen LogP contribution in [0.4, 0.5) is 0 Å². The fraction of sp³-hybridized carbons (Fsp3) is 0.318. The predicted molar refractivity (Wildman–Crippen MR) is 116 cm³/mol. The number of benzene rings is 1. The van der Waals surface area contributed by atoms with Crippen molar-refractivity contribution < 1.29 is 9.53 Å². The summed E-state index contributed by atoms with van der Waals surface area (Å²) in [5.74, 6) is 1.21. The SMILES string of the molecule is COc1ccc(C2=CC(C)N=C(c3cc(CNC(=O)C(C)C)ccc3Cl)N2)cn1. The molecule has 152 valence electrons. The molecule has 3 rings (SSSR count). The van der Waals surface area contributed by atoms with E-state index >= 15 is 0 Å². The van der Waals surface area contributed by atoms with E-state index in [-0.39, 0.29) is 17.9 Å². The lowest BCUT2D eigenvalue weighted by Crippen LogP contribution is -2.30. The molecule has 0 bridgehead atoms. The van der Waals surface area contributed by atoms with Crippen LogP contribution < -0.4 is 15.4 Å². The second-order valence-electron chi connectivity index (χ2n) is 7.20. The lowest BCUT2D eigenvalue weighted by atomic mass is 10.1. The molecule has 2 N–H and O–H groups in total. The fourth-order valence-electron chi connectivity index (χ4n) is 2.91. The van der Waals surface area contributed by atoms with Gasteiger partial charge in [0.1, 0.15) is 5.84 Å². The number of nitrogens with zero attached hydrogens (tertiary/aromatic N) is 2. The van der Waals surface area contributed by atoms with Crippen LogP contribution in [0.2, 0.25) is 5.02 Å². The van der Waals surface area contributed by atoms with Crippen molar-refractivity contribution in [3.63, 3.8) is 0 Å². The Hall–Kier alpha value is -2.86. The highest BCUT2D eigenvalue weighted by Crippen LogP contribution is 2.24. The van der Waals surface area contributed by atoms with Crippen LogP contribution in [-0.2, 0) is 11.3 Å². The van der Waals surface area contributed by atoms with Gasteiger partial charge in [-0.2, -0.15) is 0 Å². The highest BCUT2D eigenvalue weighted by molar-refractivity contribution is 6.34. The highest BCUT2D eigenvalue weighted by atomic mass is 35.5. The third-order valence-electron chi connectivity index (χ3n) is 4.53. The van der Waals surface area contributed by atoms with Crippen LogP contribution in [0.1, 0.15) is 37.5 Å². The molecule has 0 radical (unpaired) electrons. The zero-order chi connectivity index (χ0) is 21.0. The zero-order valence-electron chi connectivity index (χ0n) is 17.0. The van der Waals surface area contributed by atoms with Gasteiger partial charge in [0.25, 0.3) is 0 Å². The van der Waals surface area contributed by atoms with Gasteiger partial charge in [-0.1, -0.05) is 31.5 Å². The number of carbonyl (C=O) groups is 1. The standard InChI is InChI=1S/C22H25ClN4O2/c1-13(2)22(28)25-11-15-5-7-18(23)17(10-15)21-26-14(3)9-19(27-21)16-6-8-20(29-4)24-12-16/h5-10,12-14H,11H2,1-4H3,(H,25,28)(H,26,27). The number of methoxy groups -OCH3 is 1. The van der Waals surface area contributed by atoms with Crippen molar-refractivity contribution in [2.24, 2.45) is 10.9 Å². The van der Waals surface area contributed by atoms with Gasteiger partial charge in [0.2, 0.25) is 11.8 Å². The highest BCUT2D eigenvalue weighted by Gasteiger charge is 2.18. The van der Waals surface area contributed by atoms with Crippen LogP contribution in [-0.4, -0.2) is 29.9 Å².